The second kappa shape index (κ2) is 5.15. The monoisotopic (exact) mass is 305 g/mol. The van der Waals surface area contributed by atoms with Gasteiger partial charge in [-0.15, -0.1) is 0 Å². The van der Waals surface area contributed by atoms with Crippen molar-refractivity contribution in [3.8, 4) is 22.4 Å². The standard InChI is InChI=1S/C14H9Cl2N3O/c15-9-3-4-10(11(16)6-9)12-13(19-20-14(12)17)8-2-1-5-18-7-8/h1-7H,17H2. The highest BCUT2D eigenvalue weighted by Crippen LogP contribution is 2.40. The van der Waals surface area contributed by atoms with Crippen LogP contribution in [0.5, 0.6) is 0 Å². The van der Waals surface area contributed by atoms with E-state index in [1.807, 2.05) is 12.1 Å². The molecular formula is C14H9Cl2N3O. The topological polar surface area (TPSA) is 64.9 Å². The summed E-state index contributed by atoms with van der Waals surface area (Å²) in [6, 6.07) is 8.86. The van der Waals surface area contributed by atoms with Crippen LogP contribution in [0.15, 0.2) is 47.2 Å². The van der Waals surface area contributed by atoms with Gasteiger partial charge in [-0.05, 0) is 24.3 Å². The van der Waals surface area contributed by atoms with Gasteiger partial charge in [-0.3, -0.25) is 4.98 Å². The molecule has 0 aliphatic heterocycles. The molecule has 0 unspecified atom stereocenters. The molecule has 0 radical (unpaired) electrons. The Bertz CT molecular complexity index is 756. The van der Waals surface area contributed by atoms with E-state index in [2.05, 4.69) is 10.1 Å². The van der Waals surface area contributed by atoms with E-state index < -0.39 is 0 Å². The zero-order chi connectivity index (χ0) is 14.1. The molecule has 3 aromatic rings. The molecular weight excluding hydrogens is 297 g/mol. The lowest BCUT2D eigenvalue weighted by Crippen LogP contribution is -1.89. The fourth-order valence-corrected chi connectivity index (χ4v) is 2.46. The third-order valence-electron chi connectivity index (χ3n) is 2.85. The first kappa shape index (κ1) is 13.0. The Balaban J connectivity index is 2.22. The summed E-state index contributed by atoms with van der Waals surface area (Å²) in [6.07, 6.45) is 3.37. The molecule has 0 bridgehead atoms. The predicted molar refractivity (Wildman–Crippen MR) is 79.6 cm³/mol. The number of nitrogens with two attached hydrogens (primary N) is 1. The lowest BCUT2D eigenvalue weighted by Gasteiger charge is -2.05. The number of pyridine rings is 1. The third kappa shape index (κ3) is 2.24. The number of hydrogen-bond donors (Lipinski definition) is 1. The van der Waals surface area contributed by atoms with Crippen molar-refractivity contribution in [1.82, 2.24) is 10.1 Å². The lowest BCUT2D eigenvalue weighted by molar-refractivity contribution is 0.439. The normalized spacial score (nSPS) is 10.7. The van der Waals surface area contributed by atoms with Crippen molar-refractivity contribution in [3.63, 3.8) is 0 Å². The van der Waals surface area contributed by atoms with E-state index in [4.69, 9.17) is 33.5 Å². The third-order valence-corrected chi connectivity index (χ3v) is 3.40. The molecule has 0 fully saturated rings. The number of benzene rings is 1. The van der Waals surface area contributed by atoms with Crippen molar-refractivity contribution in [2.24, 2.45) is 0 Å². The maximum absolute atomic E-state index is 6.23. The average molecular weight is 306 g/mol. The van der Waals surface area contributed by atoms with Crippen LogP contribution >= 0.6 is 23.2 Å². The van der Waals surface area contributed by atoms with E-state index in [1.165, 1.54) is 0 Å². The summed E-state index contributed by atoms with van der Waals surface area (Å²) < 4.78 is 5.10. The van der Waals surface area contributed by atoms with Gasteiger partial charge in [0.15, 0.2) is 0 Å². The lowest BCUT2D eigenvalue weighted by atomic mass is 10.0. The largest absolute Gasteiger partial charge is 0.367 e. The van der Waals surface area contributed by atoms with Crippen LogP contribution in [-0.2, 0) is 0 Å². The SMILES string of the molecule is Nc1onc(-c2cccnc2)c1-c1ccc(Cl)cc1Cl. The molecule has 2 heterocycles. The van der Waals surface area contributed by atoms with Gasteiger partial charge in [-0.2, -0.15) is 0 Å². The molecule has 0 aliphatic carbocycles. The van der Waals surface area contributed by atoms with E-state index in [1.54, 1.807) is 30.6 Å². The minimum absolute atomic E-state index is 0.202. The van der Waals surface area contributed by atoms with Gasteiger partial charge in [0.1, 0.15) is 5.69 Å². The molecule has 2 aromatic heterocycles. The molecule has 6 heteroatoms. The Labute approximate surface area is 125 Å². The van der Waals surface area contributed by atoms with Gasteiger partial charge in [0.05, 0.1) is 10.6 Å². The number of aromatic nitrogens is 2. The van der Waals surface area contributed by atoms with Crippen molar-refractivity contribution in [1.29, 1.82) is 0 Å². The number of hydrogen-bond acceptors (Lipinski definition) is 4. The number of rotatable bonds is 2. The van der Waals surface area contributed by atoms with E-state index >= 15 is 0 Å². The van der Waals surface area contributed by atoms with Crippen LogP contribution in [-0.4, -0.2) is 10.1 Å². The average Bonchev–Trinajstić information content (AvgIpc) is 2.82. The van der Waals surface area contributed by atoms with E-state index in [0.717, 1.165) is 5.56 Å². The molecule has 0 spiro atoms. The highest BCUT2D eigenvalue weighted by molar-refractivity contribution is 6.36. The molecule has 4 nitrogen and oxygen atoms in total. The quantitative estimate of drug-likeness (QED) is 0.767. The molecule has 0 saturated heterocycles. The zero-order valence-corrected chi connectivity index (χ0v) is 11.7. The minimum atomic E-state index is 0.202. The van der Waals surface area contributed by atoms with Gasteiger partial charge in [-0.25, -0.2) is 0 Å². The summed E-state index contributed by atoms with van der Waals surface area (Å²) in [5.41, 5.74) is 8.63. The van der Waals surface area contributed by atoms with Crippen LogP contribution in [0.2, 0.25) is 10.0 Å². The van der Waals surface area contributed by atoms with Crippen LogP contribution in [0.3, 0.4) is 0 Å². The van der Waals surface area contributed by atoms with Crippen molar-refractivity contribution in [2.75, 3.05) is 5.73 Å². The van der Waals surface area contributed by atoms with Gasteiger partial charge >= 0.3 is 0 Å². The molecule has 3 rings (SSSR count). The summed E-state index contributed by atoms with van der Waals surface area (Å²) in [5, 5.41) is 5.03. The number of halogens is 2. The minimum Gasteiger partial charge on any atom is -0.367 e. The first-order valence-corrected chi connectivity index (χ1v) is 6.53. The summed E-state index contributed by atoms with van der Waals surface area (Å²) >= 11 is 12.1. The van der Waals surface area contributed by atoms with Gasteiger partial charge in [0.2, 0.25) is 5.88 Å². The second-order valence-electron chi connectivity index (χ2n) is 4.14. The zero-order valence-electron chi connectivity index (χ0n) is 10.2. The summed E-state index contributed by atoms with van der Waals surface area (Å²) in [7, 11) is 0. The molecule has 0 aliphatic rings. The highest BCUT2D eigenvalue weighted by Gasteiger charge is 2.19. The molecule has 20 heavy (non-hydrogen) atoms. The number of nitrogens with zero attached hydrogens (tertiary/aromatic N) is 2. The molecule has 0 amide bonds. The smallest absolute Gasteiger partial charge is 0.230 e. The van der Waals surface area contributed by atoms with Crippen molar-refractivity contribution < 1.29 is 4.52 Å². The van der Waals surface area contributed by atoms with Crippen LogP contribution in [0, 0.1) is 0 Å². The Hall–Kier alpha value is -2.04. The summed E-state index contributed by atoms with van der Waals surface area (Å²) in [6.45, 7) is 0. The van der Waals surface area contributed by atoms with Gasteiger partial charge in [0, 0.05) is 28.5 Å². The number of nitrogen functional groups attached to an aromatic ring is 1. The van der Waals surface area contributed by atoms with E-state index in [-0.39, 0.29) is 5.88 Å². The molecule has 0 saturated carbocycles. The highest BCUT2D eigenvalue weighted by atomic mass is 35.5. The number of anilines is 1. The van der Waals surface area contributed by atoms with Crippen molar-refractivity contribution in [3.05, 3.63) is 52.8 Å². The maximum Gasteiger partial charge on any atom is 0.230 e. The Morgan fingerprint density at radius 2 is 2.00 bits per heavy atom. The Morgan fingerprint density at radius 3 is 2.70 bits per heavy atom. The predicted octanol–water partition coefficient (Wildman–Crippen LogP) is 4.29. The van der Waals surface area contributed by atoms with E-state index in [9.17, 15) is 0 Å². The van der Waals surface area contributed by atoms with Crippen molar-refractivity contribution in [2.45, 2.75) is 0 Å². The maximum atomic E-state index is 6.23. The fourth-order valence-electron chi connectivity index (χ4n) is 1.96. The molecule has 0 atom stereocenters. The molecule has 2 N–H and O–H groups in total. The first-order valence-electron chi connectivity index (χ1n) is 5.78. The van der Waals surface area contributed by atoms with Gasteiger partial charge in [0.25, 0.3) is 0 Å². The van der Waals surface area contributed by atoms with Crippen molar-refractivity contribution >= 4 is 29.1 Å². The van der Waals surface area contributed by atoms with Crippen LogP contribution < -0.4 is 5.73 Å². The summed E-state index contributed by atoms with van der Waals surface area (Å²) in [4.78, 5) is 4.07. The van der Waals surface area contributed by atoms with Crippen LogP contribution in [0.1, 0.15) is 0 Å². The van der Waals surface area contributed by atoms with Gasteiger partial charge < -0.3 is 10.3 Å². The molecule has 1 aromatic carbocycles. The van der Waals surface area contributed by atoms with Gasteiger partial charge in [-0.1, -0.05) is 34.4 Å². The van der Waals surface area contributed by atoms with E-state index in [0.29, 0.717) is 26.9 Å². The van der Waals surface area contributed by atoms with Crippen LogP contribution in [0.4, 0.5) is 5.88 Å². The second-order valence-corrected chi connectivity index (χ2v) is 4.98. The molecule has 100 valence electrons. The first-order chi connectivity index (χ1) is 9.66. The summed E-state index contributed by atoms with van der Waals surface area (Å²) in [5.74, 6) is 0.202. The Kier molecular flexibility index (Phi) is 3.34. The fraction of sp³-hybridized carbons (Fsp3) is 0. The van der Waals surface area contributed by atoms with Crippen LogP contribution in [0.25, 0.3) is 22.4 Å². The Morgan fingerprint density at radius 1 is 1.15 bits per heavy atom.